The maximum atomic E-state index is 12.4. The Bertz CT molecular complexity index is 626. The van der Waals surface area contributed by atoms with Crippen LogP contribution in [0.4, 0.5) is 0 Å². The number of hydrogen-bond acceptors (Lipinski definition) is 4. The van der Waals surface area contributed by atoms with Crippen molar-refractivity contribution in [1.82, 2.24) is 14.5 Å². The van der Waals surface area contributed by atoms with Crippen LogP contribution >= 0.6 is 0 Å². The number of sulfonamides is 1. The van der Waals surface area contributed by atoms with Gasteiger partial charge in [0.1, 0.15) is 0 Å². The predicted octanol–water partition coefficient (Wildman–Crippen LogP) is 1.05. The molecule has 6 nitrogen and oxygen atoms in total. The second kappa shape index (κ2) is 8.60. The number of piperazine rings is 1. The maximum absolute atomic E-state index is 12.4. The van der Waals surface area contributed by atoms with E-state index < -0.39 is 16.1 Å². The van der Waals surface area contributed by atoms with Gasteiger partial charge in [0.25, 0.3) is 0 Å². The summed E-state index contributed by atoms with van der Waals surface area (Å²) in [5.74, 6) is -0.0933. The molecule has 1 fully saturated rings. The first-order valence-corrected chi connectivity index (χ1v) is 10.1. The van der Waals surface area contributed by atoms with Crippen molar-refractivity contribution in [3.63, 3.8) is 0 Å². The molecule has 1 atom stereocenters. The topological polar surface area (TPSA) is 69.7 Å². The van der Waals surface area contributed by atoms with Crippen LogP contribution in [0.25, 0.3) is 0 Å². The van der Waals surface area contributed by atoms with Gasteiger partial charge in [-0.2, -0.15) is 0 Å². The van der Waals surface area contributed by atoms with E-state index in [1.165, 1.54) is 5.56 Å². The first kappa shape index (κ1) is 18.9. The van der Waals surface area contributed by atoms with Crippen molar-refractivity contribution in [2.24, 2.45) is 0 Å². The van der Waals surface area contributed by atoms with E-state index in [0.717, 1.165) is 19.6 Å². The molecule has 0 bridgehead atoms. The number of benzene rings is 1. The summed E-state index contributed by atoms with van der Waals surface area (Å²) in [6, 6.07) is 9.55. The van der Waals surface area contributed by atoms with Crippen LogP contribution < -0.4 is 4.72 Å². The minimum atomic E-state index is -3.37. The SMILES string of the molecule is CCCS(=O)(=O)N[C@@H](C)C(=O)N1CCN(Cc2ccccc2)CC1. The van der Waals surface area contributed by atoms with Gasteiger partial charge in [0.15, 0.2) is 0 Å². The fourth-order valence-electron chi connectivity index (χ4n) is 2.89. The number of nitrogens with one attached hydrogen (secondary N) is 1. The third-order valence-electron chi connectivity index (χ3n) is 4.13. The molecule has 7 heteroatoms. The molecule has 0 aliphatic carbocycles. The highest BCUT2D eigenvalue weighted by Gasteiger charge is 2.27. The molecule has 0 aromatic heterocycles. The molecule has 1 aliphatic heterocycles. The number of carbonyl (C=O) groups is 1. The average Bonchev–Trinajstić information content (AvgIpc) is 2.55. The van der Waals surface area contributed by atoms with E-state index in [0.29, 0.717) is 19.5 Å². The van der Waals surface area contributed by atoms with E-state index >= 15 is 0 Å². The van der Waals surface area contributed by atoms with Crippen LogP contribution in [0.2, 0.25) is 0 Å². The van der Waals surface area contributed by atoms with Gasteiger partial charge in [-0.15, -0.1) is 0 Å². The van der Waals surface area contributed by atoms with Crippen molar-refractivity contribution >= 4 is 15.9 Å². The number of hydrogen-bond donors (Lipinski definition) is 1. The minimum absolute atomic E-state index is 0.0511. The number of rotatable bonds is 7. The van der Waals surface area contributed by atoms with Crippen LogP contribution in [0.3, 0.4) is 0 Å². The fraction of sp³-hybridized carbons (Fsp3) is 0.588. The Morgan fingerprint density at radius 3 is 2.38 bits per heavy atom. The number of nitrogens with zero attached hydrogens (tertiary/aromatic N) is 2. The number of carbonyl (C=O) groups excluding carboxylic acids is 1. The van der Waals surface area contributed by atoms with E-state index in [4.69, 9.17) is 0 Å². The molecule has 1 saturated heterocycles. The second-order valence-corrected chi connectivity index (χ2v) is 8.12. The Kier molecular flexibility index (Phi) is 6.77. The zero-order chi connectivity index (χ0) is 17.6. The summed E-state index contributed by atoms with van der Waals surface area (Å²) in [7, 11) is -3.37. The van der Waals surface area contributed by atoms with Crippen LogP contribution in [0.1, 0.15) is 25.8 Å². The van der Waals surface area contributed by atoms with Crippen LogP contribution in [-0.4, -0.2) is 62.1 Å². The molecule has 134 valence electrons. The first-order valence-electron chi connectivity index (χ1n) is 8.46. The molecule has 1 amide bonds. The molecule has 1 N–H and O–H groups in total. The van der Waals surface area contributed by atoms with Crippen molar-refractivity contribution < 1.29 is 13.2 Å². The summed E-state index contributed by atoms with van der Waals surface area (Å²) in [6.45, 7) is 7.16. The molecule has 0 spiro atoms. The predicted molar refractivity (Wildman–Crippen MR) is 95.0 cm³/mol. The Morgan fingerprint density at radius 1 is 1.17 bits per heavy atom. The van der Waals surface area contributed by atoms with Crippen LogP contribution in [0.5, 0.6) is 0 Å². The van der Waals surface area contributed by atoms with Crippen molar-refractivity contribution in [3.8, 4) is 0 Å². The Morgan fingerprint density at radius 2 is 1.79 bits per heavy atom. The molecule has 1 aromatic carbocycles. The quantitative estimate of drug-likeness (QED) is 0.795. The average molecular weight is 353 g/mol. The maximum Gasteiger partial charge on any atom is 0.240 e. The van der Waals surface area contributed by atoms with E-state index in [2.05, 4.69) is 21.8 Å². The lowest BCUT2D eigenvalue weighted by molar-refractivity contribution is -0.134. The minimum Gasteiger partial charge on any atom is -0.339 e. The highest BCUT2D eigenvalue weighted by molar-refractivity contribution is 7.89. The summed E-state index contributed by atoms with van der Waals surface area (Å²) < 4.78 is 26.1. The van der Waals surface area contributed by atoms with Crippen molar-refractivity contribution in [3.05, 3.63) is 35.9 Å². The summed E-state index contributed by atoms with van der Waals surface area (Å²) in [5, 5.41) is 0. The van der Waals surface area contributed by atoms with Gasteiger partial charge in [-0.1, -0.05) is 37.3 Å². The lowest BCUT2D eigenvalue weighted by Gasteiger charge is -2.36. The summed E-state index contributed by atoms with van der Waals surface area (Å²) in [6.07, 6.45) is 0.536. The molecular weight excluding hydrogens is 326 g/mol. The van der Waals surface area contributed by atoms with Gasteiger partial charge in [0.05, 0.1) is 11.8 Å². The van der Waals surface area contributed by atoms with Crippen LogP contribution in [-0.2, 0) is 21.4 Å². The third kappa shape index (κ3) is 5.58. The third-order valence-corrected chi connectivity index (χ3v) is 5.79. The second-order valence-electron chi connectivity index (χ2n) is 6.25. The molecule has 0 saturated carbocycles. The lowest BCUT2D eigenvalue weighted by Crippen LogP contribution is -2.54. The zero-order valence-corrected chi connectivity index (χ0v) is 15.3. The van der Waals surface area contributed by atoms with Gasteiger partial charge in [0.2, 0.25) is 15.9 Å². The van der Waals surface area contributed by atoms with Crippen LogP contribution in [0.15, 0.2) is 30.3 Å². The van der Waals surface area contributed by atoms with Gasteiger partial charge in [-0.3, -0.25) is 9.69 Å². The monoisotopic (exact) mass is 353 g/mol. The van der Waals surface area contributed by atoms with Gasteiger partial charge in [0, 0.05) is 32.7 Å². The molecule has 0 unspecified atom stereocenters. The van der Waals surface area contributed by atoms with E-state index in [1.54, 1.807) is 18.7 Å². The van der Waals surface area contributed by atoms with Gasteiger partial charge in [-0.05, 0) is 18.9 Å². The van der Waals surface area contributed by atoms with Crippen molar-refractivity contribution in [2.75, 3.05) is 31.9 Å². The Balaban J connectivity index is 1.82. The van der Waals surface area contributed by atoms with E-state index in [-0.39, 0.29) is 11.7 Å². The fourth-order valence-corrected chi connectivity index (χ4v) is 4.18. The lowest BCUT2D eigenvalue weighted by atomic mass is 10.2. The standard InChI is InChI=1S/C17H27N3O3S/c1-3-13-24(22,23)18-15(2)17(21)20-11-9-19(10-12-20)14-16-7-5-4-6-8-16/h4-8,15,18H,3,9-14H2,1-2H3/t15-/m0/s1. The highest BCUT2D eigenvalue weighted by Crippen LogP contribution is 2.09. The van der Waals surface area contributed by atoms with E-state index in [1.807, 2.05) is 18.2 Å². The zero-order valence-electron chi connectivity index (χ0n) is 14.4. The summed E-state index contributed by atoms with van der Waals surface area (Å²) in [5.41, 5.74) is 1.26. The molecule has 1 heterocycles. The first-order chi connectivity index (χ1) is 11.4. The van der Waals surface area contributed by atoms with Crippen molar-refractivity contribution in [1.29, 1.82) is 0 Å². The summed E-state index contributed by atoms with van der Waals surface area (Å²) in [4.78, 5) is 16.5. The highest BCUT2D eigenvalue weighted by atomic mass is 32.2. The normalized spacial score (nSPS) is 17.7. The molecule has 2 rings (SSSR count). The summed E-state index contributed by atoms with van der Waals surface area (Å²) >= 11 is 0. The largest absolute Gasteiger partial charge is 0.339 e. The van der Waals surface area contributed by atoms with Gasteiger partial charge in [-0.25, -0.2) is 13.1 Å². The number of amides is 1. The molecule has 0 radical (unpaired) electrons. The smallest absolute Gasteiger partial charge is 0.240 e. The molecular formula is C17H27N3O3S. The van der Waals surface area contributed by atoms with Gasteiger partial charge >= 0.3 is 0 Å². The van der Waals surface area contributed by atoms with Crippen LogP contribution in [0, 0.1) is 0 Å². The van der Waals surface area contributed by atoms with E-state index in [9.17, 15) is 13.2 Å². The molecule has 1 aromatic rings. The molecule has 24 heavy (non-hydrogen) atoms. The van der Waals surface area contributed by atoms with Gasteiger partial charge < -0.3 is 4.90 Å². The Labute approximate surface area is 144 Å². The van der Waals surface area contributed by atoms with Crippen molar-refractivity contribution in [2.45, 2.75) is 32.9 Å². The molecule has 1 aliphatic rings. The Hall–Kier alpha value is -1.44.